The van der Waals surface area contributed by atoms with Gasteiger partial charge >= 0.3 is 5.97 Å². The average Bonchev–Trinajstić information content (AvgIpc) is 2.92. The molecule has 2 rings (SSSR count). The van der Waals surface area contributed by atoms with Gasteiger partial charge in [-0.25, -0.2) is 14.2 Å². The Morgan fingerprint density at radius 3 is 2.73 bits per heavy atom. The van der Waals surface area contributed by atoms with Crippen molar-refractivity contribution in [2.24, 2.45) is 5.16 Å². The molecule has 8 heteroatoms. The summed E-state index contributed by atoms with van der Waals surface area (Å²) >= 11 is 1.18. The number of nitrogens with two attached hydrogens (primary N) is 1. The molecule has 2 aromatic rings. The second kappa shape index (κ2) is 7.51. The van der Waals surface area contributed by atoms with Gasteiger partial charge in [-0.2, -0.15) is 0 Å². The lowest BCUT2D eigenvalue weighted by atomic mass is 10.2. The molecule has 0 atom stereocenters. The molecule has 0 bridgehead atoms. The Morgan fingerprint density at radius 2 is 2.14 bits per heavy atom. The predicted molar refractivity (Wildman–Crippen MR) is 80.9 cm³/mol. The molecule has 0 fully saturated rings. The molecular weight excluding hydrogens is 309 g/mol. The van der Waals surface area contributed by atoms with Crippen molar-refractivity contribution in [1.29, 1.82) is 0 Å². The number of thiazole rings is 1. The van der Waals surface area contributed by atoms with Crippen LogP contribution in [-0.2, 0) is 21.0 Å². The maximum absolute atomic E-state index is 12.8. The van der Waals surface area contributed by atoms with Gasteiger partial charge in [0.2, 0.25) is 5.71 Å². The van der Waals surface area contributed by atoms with Gasteiger partial charge in [0.15, 0.2) is 5.13 Å². The molecule has 1 heterocycles. The number of carbonyl (C=O) groups is 1. The zero-order valence-corrected chi connectivity index (χ0v) is 12.6. The van der Waals surface area contributed by atoms with Crippen molar-refractivity contribution in [2.75, 3.05) is 12.3 Å². The first-order valence-corrected chi connectivity index (χ1v) is 7.31. The number of carbonyl (C=O) groups excluding carboxylic acids is 1. The van der Waals surface area contributed by atoms with Crippen LogP contribution in [0.1, 0.15) is 18.2 Å². The quantitative estimate of drug-likeness (QED) is 0.501. The highest BCUT2D eigenvalue weighted by molar-refractivity contribution is 7.13. The van der Waals surface area contributed by atoms with E-state index in [4.69, 9.17) is 15.3 Å². The van der Waals surface area contributed by atoms with Crippen LogP contribution < -0.4 is 5.73 Å². The minimum absolute atomic E-state index is 0.0584. The molecule has 0 unspecified atom stereocenters. The van der Waals surface area contributed by atoms with Gasteiger partial charge in [-0.3, -0.25) is 0 Å². The maximum Gasteiger partial charge on any atom is 0.362 e. The zero-order chi connectivity index (χ0) is 15.9. The van der Waals surface area contributed by atoms with Gasteiger partial charge in [-0.1, -0.05) is 17.3 Å². The fourth-order valence-corrected chi connectivity index (χ4v) is 2.08. The van der Waals surface area contributed by atoms with Crippen LogP contribution in [-0.4, -0.2) is 23.3 Å². The fourth-order valence-electron chi connectivity index (χ4n) is 1.54. The van der Waals surface area contributed by atoms with Crippen LogP contribution in [0.2, 0.25) is 0 Å². The fraction of sp³-hybridized carbons (Fsp3) is 0.214. The third-order valence-corrected chi connectivity index (χ3v) is 3.21. The zero-order valence-electron chi connectivity index (χ0n) is 11.8. The van der Waals surface area contributed by atoms with Gasteiger partial charge in [0, 0.05) is 5.38 Å². The average molecular weight is 323 g/mol. The monoisotopic (exact) mass is 323 g/mol. The Morgan fingerprint density at radius 1 is 1.41 bits per heavy atom. The number of anilines is 1. The number of aromatic nitrogens is 1. The van der Waals surface area contributed by atoms with Gasteiger partial charge in [0.1, 0.15) is 18.1 Å². The number of benzene rings is 1. The SMILES string of the molecule is CCOC(=O)/C(=N\OCc1ccc(F)cc1)c1csc(N)n1. The first-order chi connectivity index (χ1) is 10.6. The molecule has 0 amide bonds. The third kappa shape index (κ3) is 4.26. The molecule has 0 saturated heterocycles. The summed E-state index contributed by atoms with van der Waals surface area (Å²) in [6.07, 6.45) is 0. The smallest absolute Gasteiger partial charge is 0.362 e. The second-order valence-corrected chi connectivity index (χ2v) is 5.02. The Kier molecular flexibility index (Phi) is 5.42. The molecule has 0 aliphatic carbocycles. The standard InChI is InChI=1S/C14H14FN3O3S/c1-2-20-13(19)12(11-8-22-14(16)17-11)18-21-7-9-3-5-10(15)6-4-9/h3-6,8H,2,7H2,1H3,(H2,16,17)/b18-12-. The Bertz CT molecular complexity index is 670. The number of rotatable bonds is 6. The van der Waals surface area contributed by atoms with Crippen molar-refractivity contribution < 1.29 is 18.8 Å². The third-order valence-electron chi connectivity index (χ3n) is 2.53. The predicted octanol–water partition coefficient (Wildman–Crippen LogP) is 2.35. The van der Waals surface area contributed by atoms with Crippen LogP contribution in [0.3, 0.4) is 0 Å². The van der Waals surface area contributed by atoms with E-state index in [1.54, 1.807) is 24.4 Å². The minimum atomic E-state index is -0.646. The Labute approximate surface area is 130 Å². The molecule has 1 aromatic heterocycles. The summed E-state index contributed by atoms with van der Waals surface area (Å²) in [7, 11) is 0. The number of nitrogens with zero attached hydrogens (tertiary/aromatic N) is 2. The highest BCUT2D eigenvalue weighted by atomic mass is 32.1. The van der Waals surface area contributed by atoms with E-state index in [0.717, 1.165) is 0 Å². The van der Waals surface area contributed by atoms with E-state index in [1.807, 2.05) is 0 Å². The van der Waals surface area contributed by atoms with Gasteiger partial charge in [0.05, 0.1) is 6.61 Å². The Hall–Kier alpha value is -2.48. The van der Waals surface area contributed by atoms with Crippen molar-refractivity contribution in [3.8, 4) is 0 Å². The number of esters is 1. The highest BCUT2D eigenvalue weighted by Crippen LogP contribution is 2.13. The lowest BCUT2D eigenvalue weighted by molar-refractivity contribution is -0.135. The van der Waals surface area contributed by atoms with Crippen molar-refractivity contribution in [1.82, 2.24) is 4.98 Å². The normalized spacial score (nSPS) is 11.3. The number of hydrogen-bond donors (Lipinski definition) is 1. The molecule has 116 valence electrons. The van der Waals surface area contributed by atoms with Crippen molar-refractivity contribution in [3.63, 3.8) is 0 Å². The summed E-state index contributed by atoms with van der Waals surface area (Å²) in [6, 6.07) is 5.76. The molecule has 6 nitrogen and oxygen atoms in total. The largest absolute Gasteiger partial charge is 0.461 e. The van der Waals surface area contributed by atoms with E-state index in [-0.39, 0.29) is 24.7 Å². The molecule has 2 N–H and O–H groups in total. The van der Waals surface area contributed by atoms with Crippen LogP contribution >= 0.6 is 11.3 Å². The van der Waals surface area contributed by atoms with E-state index < -0.39 is 5.97 Å². The lowest BCUT2D eigenvalue weighted by Crippen LogP contribution is -2.19. The highest BCUT2D eigenvalue weighted by Gasteiger charge is 2.19. The lowest BCUT2D eigenvalue weighted by Gasteiger charge is -2.04. The topological polar surface area (TPSA) is 86.8 Å². The summed E-state index contributed by atoms with van der Waals surface area (Å²) in [6.45, 7) is 1.97. The number of halogens is 1. The molecule has 0 radical (unpaired) electrons. The molecule has 0 aliphatic heterocycles. The first-order valence-electron chi connectivity index (χ1n) is 6.43. The molecule has 22 heavy (non-hydrogen) atoms. The maximum atomic E-state index is 12.8. The van der Waals surface area contributed by atoms with Gasteiger partial charge in [-0.05, 0) is 24.6 Å². The first kappa shape index (κ1) is 15.9. The molecule has 1 aromatic carbocycles. The van der Waals surface area contributed by atoms with E-state index in [2.05, 4.69) is 10.1 Å². The van der Waals surface area contributed by atoms with E-state index in [0.29, 0.717) is 16.4 Å². The Balaban J connectivity index is 2.10. The van der Waals surface area contributed by atoms with E-state index in [1.165, 1.54) is 23.5 Å². The summed E-state index contributed by atoms with van der Waals surface area (Å²) in [5.41, 5.74) is 6.50. The van der Waals surface area contributed by atoms with E-state index >= 15 is 0 Å². The van der Waals surface area contributed by atoms with Crippen LogP contribution in [0.5, 0.6) is 0 Å². The number of ether oxygens (including phenoxy) is 1. The van der Waals surface area contributed by atoms with Crippen LogP contribution in [0.4, 0.5) is 9.52 Å². The number of oxime groups is 1. The van der Waals surface area contributed by atoms with Gasteiger partial charge in [-0.15, -0.1) is 11.3 Å². The molecular formula is C14H14FN3O3S. The van der Waals surface area contributed by atoms with Gasteiger partial charge in [0.25, 0.3) is 0 Å². The van der Waals surface area contributed by atoms with Crippen molar-refractivity contribution >= 4 is 28.1 Å². The van der Waals surface area contributed by atoms with Crippen molar-refractivity contribution in [2.45, 2.75) is 13.5 Å². The van der Waals surface area contributed by atoms with Gasteiger partial charge < -0.3 is 15.3 Å². The van der Waals surface area contributed by atoms with Crippen molar-refractivity contribution in [3.05, 3.63) is 46.7 Å². The summed E-state index contributed by atoms with van der Waals surface area (Å²) < 4.78 is 17.7. The van der Waals surface area contributed by atoms with Crippen LogP contribution in [0, 0.1) is 5.82 Å². The summed E-state index contributed by atoms with van der Waals surface area (Å²) in [5, 5.41) is 5.68. The molecule has 0 spiro atoms. The van der Waals surface area contributed by atoms with E-state index in [9.17, 15) is 9.18 Å². The molecule has 0 aliphatic rings. The minimum Gasteiger partial charge on any atom is -0.461 e. The number of hydrogen-bond acceptors (Lipinski definition) is 7. The number of nitrogen functional groups attached to an aromatic ring is 1. The van der Waals surface area contributed by atoms with Crippen LogP contribution in [0.25, 0.3) is 0 Å². The van der Waals surface area contributed by atoms with Crippen LogP contribution in [0.15, 0.2) is 34.8 Å². The molecule has 0 saturated carbocycles. The summed E-state index contributed by atoms with van der Waals surface area (Å²) in [5.74, 6) is -0.982. The summed E-state index contributed by atoms with van der Waals surface area (Å²) in [4.78, 5) is 21.0. The second-order valence-electron chi connectivity index (χ2n) is 4.13.